The molecular weight excluding hydrogens is 358 g/mol. The minimum atomic E-state index is -3.92. The number of unbranched alkanes of at least 4 members (excludes halogenated alkanes) is 1. The quantitative estimate of drug-likeness (QED) is 0.605. The number of primary sulfonamides is 1. The van der Waals surface area contributed by atoms with Gasteiger partial charge in [0.05, 0.1) is 0 Å². The van der Waals surface area contributed by atoms with Gasteiger partial charge >= 0.3 is 0 Å². The van der Waals surface area contributed by atoms with Gasteiger partial charge in [0, 0.05) is 11.6 Å². The minimum Gasteiger partial charge on any atom is -0.310 e. The van der Waals surface area contributed by atoms with Crippen LogP contribution in [0.5, 0.6) is 0 Å². The number of fused-ring (bicyclic) bond motifs is 1. The number of sulfonamides is 1. The van der Waals surface area contributed by atoms with E-state index in [1.807, 2.05) is 13.8 Å². The largest absolute Gasteiger partial charge is 0.310 e. The molecule has 4 N–H and O–H groups in total. The van der Waals surface area contributed by atoms with Gasteiger partial charge in [-0.15, -0.1) is 11.3 Å². The highest BCUT2D eigenvalue weighted by Gasteiger charge is 2.41. The summed E-state index contributed by atoms with van der Waals surface area (Å²) >= 11 is 0.741. The van der Waals surface area contributed by atoms with Crippen LogP contribution in [0.4, 0.5) is 0 Å². The highest BCUT2D eigenvalue weighted by molar-refractivity contribution is 7.95. The summed E-state index contributed by atoms with van der Waals surface area (Å²) in [5, 5.41) is 10.8. The van der Waals surface area contributed by atoms with Crippen molar-refractivity contribution in [1.82, 2.24) is 10.6 Å². The molecule has 0 saturated heterocycles. The molecule has 10 heteroatoms. The van der Waals surface area contributed by atoms with Crippen molar-refractivity contribution in [3.63, 3.8) is 0 Å². The first kappa shape index (κ1) is 18.8. The van der Waals surface area contributed by atoms with Crippen LogP contribution in [-0.4, -0.2) is 35.3 Å². The lowest BCUT2D eigenvalue weighted by Gasteiger charge is -2.30. The fourth-order valence-corrected chi connectivity index (χ4v) is 7.15. The maximum absolute atomic E-state index is 12.8. The summed E-state index contributed by atoms with van der Waals surface area (Å²) in [6.07, 6.45) is 2.22. The van der Waals surface area contributed by atoms with E-state index in [9.17, 15) is 16.8 Å². The fraction of sp³-hybridized carbons (Fsp3) is 0.692. The van der Waals surface area contributed by atoms with Gasteiger partial charge in [0.25, 0.3) is 0 Å². The predicted molar refractivity (Wildman–Crippen MR) is 90.6 cm³/mol. The third-order valence-corrected chi connectivity index (χ3v) is 8.97. The van der Waals surface area contributed by atoms with Gasteiger partial charge < -0.3 is 10.6 Å². The van der Waals surface area contributed by atoms with Crippen LogP contribution in [0.1, 0.15) is 44.7 Å². The zero-order chi connectivity index (χ0) is 17.3. The average molecular weight is 382 g/mol. The Bertz CT molecular complexity index is 755. The average Bonchev–Trinajstić information content (AvgIpc) is 2.90. The highest BCUT2D eigenvalue weighted by atomic mass is 32.3. The van der Waals surface area contributed by atoms with Gasteiger partial charge in [-0.05, 0) is 32.0 Å². The molecule has 132 valence electrons. The van der Waals surface area contributed by atoms with E-state index in [0.29, 0.717) is 25.1 Å². The Labute approximate surface area is 141 Å². The molecular formula is C13H23N3O4S3. The molecule has 0 saturated carbocycles. The summed E-state index contributed by atoms with van der Waals surface area (Å²) in [7, 11) is -7.52. The van der Waals surface area contributed by atoms with Gasteiger partial charge in [0.1, 0.15) is 13.8 Å². The van der Waals surface area contributed by atoms with Crippen molar-refractivity contribution in [2.45, 2.75) is 52.9 Å². The Kier molecular flexibility index (Phi) is 5.85. The first-order chi connectivity index (χ1) is 10.7. The first-order valence-electron chi connectivity index (χ1n) is 7.59. The van der Waals surface area contributed by atoms with Gasteiger partial charge in [-0.3, -0.25) is 0 Å². The number of hydrogen-bond acceptors (Lipinski definition) is 7. The molecule has 1 aromatic rings. The van der Waals surface area contributed by atoms with Crippen molar-refractivity contribution in [2.24, 2.45) is 5.14 Å². The molecule has 23 heavy (non-hydrogen) atoms. The number of rotatable bonds is 7. The smallest absolute Gasteiger partial charge is 0.247 e. The van der Waals surface area contributed by atoms with E-state index in [1.54, 1.807) is 0 Å². The monoisotopic (exact) mass is 381 g/mol. The fourth-order valence-electron chi connectivity index (χ4n) is 2.64. The topological polar surface area (TPSA) is 118 Å². The molecule has 0 spiro atoms. The third-order valence-electron chi connectivity index (χ3n) is 3.79. The van der Waals surface area contributed by atoms with E-state index in [1.165, 1.54) is 6.07 Å². The molecule has 0 aromatic carbocycles. The van der Waals surface area contributed by atoms with Gasteiger partial charge in [-0.25, -0.2) is 22.0 Å². The summed E-state index contributed by atoms with van der Waals surface area (Å²) in [5.74, 6) is 0. The maximum Gasteiger partial charge on any atom is 0.247 e. The zero-order valence-electron chi connectivity index (χ0n) is 13.2. The molecule has 0 fully saturated rings. The van der Waals surface area contributed by atoms with Crippen LogP contribution < -0.4 is 15.8 Å². The normalized spacial score (nSPS) is 23.6. The van der Waals surface area contributed by atoms with Crippen molar-refractivity contribution < 1.29 is 16.8 Å². The van der Waals surface area contributed by atoms with Crippen molar-refractivity contribution in [1.29, 1.82) is 0 Å². The van der Waals surface area contributed by atoms with Crippen LogP contribution in [0.15, 0.2) is 14.5 Å². The molecule has 2 heterocycles. The third kappa shape index (κ3) is 3.94. The van der Waals surface area contributed by atoms with Crippen molar-refractivity contribution in [3.8, 4) is 0 Å². The van der Waals surface area contributed by atoms with Gasteiger partial charge in [-0.1, -0.05) is 20.3 Å². The number of nitrogens with two attached hydrogens (primary N) is 1. The van der Waals surface area contributed by atoms with Crippen LogP contribution in [0.25, 0.3) is 0 Å². The summed E-state index contributed by atoms with van der Waals surface area (Å²) in [5.41, 5.74) is 0.509. The maximum atomic E-state index is 12.8. The van der Waals surface area contributed by atoms with Crippen LogP contribution in [-0.2, 0) is 19.9 Å². The molecule has 0 aliphatic carbocycles. The van der Waals surface area contributed by atoms with Crippen molar-refractivity contribution >= 4 is 31.2 Å². The minimum absolute atomic E-state index is 0.104. The summed E-state index contributed by atoms with van der Waals surface area (Å²) in [6.45, 7) is 5.23. The van der Waals surface area contributed by atoms with Gasteiger partial charge in [-0.2, -0.15) is 0 Å². The Hall–Kier alpha value is -0.520. The molecule has 1 aliphatic rings. The summed E-state index contributed by atoms with van der Waals surface area (Å²) < 4.78 is 48.7. The number of hydrogen-bond donors (Lipinski definition) is 3. The van der Waals surface area contributed by atoms with Gasteiger partial charge in [0.15, 0.2) is 0 Å². The number of sulfone groups is 1. The Morgan fingerprint density at radius 2 is 2.04 bits per heavy atom. The van der Waals surface area contributed by atoms with Crippen LogP contribution in [0.3, 0.4) is 0 Å². The summed E-state index contributed by atoms with van der Waals surface area (Å²) in [6, 6.07) is 1.19. The predicted octanol–water partition coefficient (Wildman–Crippen LogP) is 0.939. The summed E-state index contributed by atoms with van der Waals surface area (Å²) in [4.78, 5) is 0. The number of nitrogens with one attached hydrogen (secondary N) is 2. The Morgan fingerprint density at radius 3 is 2.61 bits per heavy atom. The van der Waals surface area contributed by atoms with Crippen LogP contribution in [0.2, 0.25) is 0 Å². The molecule has 0 unspecified atom stereocenters. The Balaban J connectivity index is 2.44. The van der Waals surface area contributed by atoms with E-state index >= 15 is 0 Å². The lowest BCUT2D eigenvalue weighted by atomic mass is 10.1. The molecule has 2 atom stereocenters. The second kappa shape index (κ2) is 7.16. The second-order valence-electron chi connectivity index (χ2n) is 5.54. The Morgan fingerprint density at radius 1 is 1.35 bits per heavy atom. The molecule has 0 radical (unpaired) electrons. The first-order valence-corrected chi connectivity index (χ1v) is 11.5. The lowest BCUT2D eigenvalue weighted by Crippen LogP contribution is -2.43. The molecule has 0 bridgehead atoms. The standard InChI is InChI=1S/C13H23N3O4S3/c1-3-5-6-16-11-8-10(15-4-2)9-7-12(23(14,19)20)21-13(9)22(11,17)18/h7,10-11,15-16H,3-6,8H2,1-2H3,(H2,14,19,20)/t10-,11-/m0/s1. The SMILES string of the molecule is CCCCN[C@@H]1C[C@H](NCC)c2cc(S(N)(=O)=O)sc2S1(=O)=O. The van der Waals surface area contributed by atoms with E-state index in [-0.39, 0.29) is 14.5 Å². The highest BCUT2D eigenvalue weighted by Crippen LogP contribution is 2.41. The molecule has 0 amide bonds. The second-order valence-corrected chi connectivity index (χ2v) is 10.7. The van der Waals surface area contributed by atoms with Crippen LogP contribution in [0, 0.1) is 0 Å². The number of thiophene rings is 1. The van der Waals surface area contributed by atoms with E-state index in [0.717, 1.165) is 24.2 Å². The van der Waals surface area contributed by atoms with E-state index in [4.69, 9.17) is 5.14 Å². The van der Waals surface area contributed by atoms with Crippen molar-refractivity contribution in [2.75, 3.05) is 13.1 Å². The van der Waals surface area contributed by atoms with Crippen molar-refractivity contribution in [3.05, 3.63) is 11.6 Å². The zero-order valence-corrected chi connectivity index (χ0v) is 15.7. The molecule has 2 rings (SSSR count). The molecule has 1 aromatic heterocycles. The van der Waals surface area contributed by atoms with E-state index < -0.39 is 25.2 Å². The molecule has 7 nitrogen and oxygen atoms in total. The van der Waals surface area contributed by atoms with Gasteiger partial charge in [0.2, 0.25) is 19.9 Å². The van der Waals surface area contributed by atoms with Crippen LogP contribution >= 0.6 is 11.3 Å². The molecule has 1 aliphatic heterocycles. The lowest BCUT2D eigenvalue weighted by molar-refractivity contribution is 0.433. The van der Waals surface area contributed by atoms with E-state index in [2.05, 4.69) is 10.6 Å².